The van der Waals surface area contributed by atoms with Gasteiger partial charge in [-0.2, -0.15) is 5.10 Å². The zero-order valence-electron chi connectivity index (χ0n) is 19.2. The third-order valence-corrected chi connectivity index (χ3v) is 7.69. The minimum atomic E-state index is -1.06. The summed E-state index contributed by atoms with van der Waals surface area (Å²) in [5.74, 6) is -1.21. The van der Waals surface area contributed by atoms with Crippen LogP contribution in [0.4, 0.5) is 10.6 Å². The van der Waals surface area contributed by atoms with Gasteiger partial charge in [-0.15, -0.1) is 11.8 Å². The molecule has 2 aromatic carbocycles. The van der Waals surface area contributed by atoms with Crippen molar-refractivity contribution in [3.63, 3.8) is 0 Å². The smallest absolute Gasteiger partial charge is 0.412 e. The van der Waals surface area contributed by atoms with Gasteiger partial charge in [0.05, 0.1) is 11.6 Å². The van der Waals surface area contributed by atoms with E-state index in [0.29, 0.717) is 5.75 Å². The lowest BCUT2D eigenvalue weighted by Crippen LogP contribution is -2.45. The maximum atomic E-state index is 13.2. The lowest BCUT2D eigenvalue weighted by molar-refractivity contribution is -0.141. The third-order valence-electron chi connectivity index (χ3n) is 6.48. The van der Waals surface area contributed by atoms with Gasteiger partial charge in [-0.05, 0) is 29.2 Å². The molecule has 9 nitrogen and oxygen atoms in total. The van der Waals surface area contributed by atoms with Crippen LogP contribution in [-0.2, 0) is 16.6 Å². The number of benzene rings is 2. The number of nitrogens with zero attached hydrogens (tertiary/aromatic N) is 3. The molecule has 1 aliphatic carbocycles. The summed E-state index contributed by atoms with van der Waals surface area (Å²) >= 11 is 1.39. The fourth-order valence-corrected chi connectivity index (χ4v) is 5.92. The fraction of sp³-hybridized carbons (Fsp3) is 0.280. The number of hydrogen-bond acceptors (Lipinski definition) is 6. The maximum absolute atomic E-state index is 13.2. The van der Waals surface area contributed by atoms with Crippen molar-refractivity contribution < 1.29 is 24.2 Å². The van der Waals surface area contributed by atoms with Crippen molar-refractivity contribution in [3.8, 4) is 11.1 Å². The molecular weight excluding hydrogens is 468 g/mol. The van der Waals surface area contributed by atoms with Crippen molar-refractivity contribution in [2.75, 3.05) is 17.7 Å². The Labute approximate surface area is 206 Å². The van der Waals surface area contributed by atoms with Crippen LogP contribution in [0, 0.1) is 0 Å². The highest BCUT2D eigenvalue weighted by molar-refractivity contribution is 8.00. The van der Waals surface area contributed by atoms with Crippen LogP contribution in [-0.4, -0.2) is 61.5 Å². The van der Waals surface area contributed by atoms with Crippen molar-refractivity contribution in [2.24, 2.45) is 7.05 Å². The molecule has 3 aromatic rings. The molecule has 0 saturated carbocycles. The molecule has 2 amide bonds. The highest BCUT2D eigenvalue weighted by atomic mass is 32.2. The lowest BCUT2D eigenvalue weighted by atomic mass is 9.98. The van der Waals surface area contributed by atoms with E-state index < -0.39 is 24.0 Å². The molecule has 35 heavy (non-hydrogen) atoms. The normalized spacial score (nSPS) is 18.7. The standard InChI is InChI=1S/C25H24N4O5S/c1-14-29(21(13-35-14)24(31)32)23(30)19-11-26-28(2)22(19)27-25(33)34-12-20-17-9-5-3-7-15(17)16-8-4-6-10-18(16)20/h3-11,14,20-21H,12-13H2,1-2H3,(H,27,33)(H,31,32). The number of aryl methyl sites for hydroxylation is 1. The summed E-state index contributed by atoms with van der Waals surface area (Å²) in [4.78, 5) is 39.0. The van der Waals surface area contributed by atoms with Gasteiger partial charge in [-0.3, -0.25) is 14.8 Å². The summed E-state index contributed by atoms with van der Waals surface area (Å²) in [6.45, 7) is 1.91. The van der Waals surface area contributed by atoms with Crippen molar-refractivity contribution in [2.45, 2.75) is 24.3 Å². The Morgan fingerprint density at radius 1 is 1.11 bits per heavy atom. The molecule has 2 unspecified atom stereocenters. The maximum Gasteiger partial charge on any atom is 0.412 e. The number of amides is 2. The number of thioether (sulfide) groups is 1. The number of anilines is 1. The number of ether oxygens (including phenoxy) is 1. The number of aliphatic carboxylic acids is 1. The molecule has 2 aliphatic rings. The summed E-state index contributed by atoms with van der Waals surface area (Å²) in [5, 5.41) is 15.9. The van der Waals surface area contributed by atoms with E-state index >= 15 is 0 Å². The molecule has 0 radical (unpaired) electrons. The van der Waals surface area contributed by atoms with Crippen LogP contribution in [0.5, 0.6) is 0 Å². The van der Waals surface area contributed by atoms with E-state index in [9.17, 15) is 19.5 Å². The largest absolute Gasteiger partial charge is 0.480 e. The van der Waals surface area contributed by atoms with Gasteiger partial charge in [0.1, 0.15) is 24.0 Å². The number of carbonyl (C=O) groups is 3. The van der Waals surface area contributed by atoms with E-state index in [2.05, 4.69) is 22.5 Å². The van der Waals surface area contributed by atoms with Gasteiger partial charge in [-0.25, -0.2) is 9.59 Å². The first kappa shape index (κ1) is 23.0. The predicted molar refractivity (Wildman–Crippen MR) is 131 cm³/mol. The van der Waals surface area contributed by atoms with Crippen LogP contribution >= 0.6 is 11.8 Å². The molecule has 1 aromatic heterocycles. The van der Waals surface area contributed by atoms with Crippen molar-refractivity contribution in [1.29, 1.82) is 0 Å². The van der Waals surface area contributed by atoms with E-state index in [1.807, 2.05) is 36.4 Å². The van der Waals surface area contributed by atoms with Gasteiger partial charge in [0.25, 0.3) is 5.91 Å². The highest BCUT2D eigenvalue weighted by Gasteiger charge is 2.41. The van der Waals surface area contributed by atoms with Gasteiger partial charge in [0.15, 0.2) is 0 Å². The second-order valence-corrected chi connectivity index (χ2v) is 9.83. The Morgan fingerprint density at radius 2 is 1.74 bits per heavy atom. The first-order chi connectivity index (χ1) is 16.9. The quantitative estimate of drug-likeness (QED) is 0.557. The van der Waals surface area contributed by atoms with E-state index in [-0.39, 0.29) is 29.3 Å². The zero-order chi connectivity index (χ0) is 24.7. The third kappa shape index (κ3) is 4.03. The van der Waals surface area contributed by atoms with E-state index in [1.54, 1.807) is 14.0 Å². The molecule has 2 N–H and O–H groups in total. The summed E-state index contributed by atoms with van der Waals surface area (Å²) in [5.41, 5.74) is 4.56. The Bertz CT molecular complexity index is 1280. The van der Waals surface area contributed by atoms with Gasteiger partial charge in [-0.1, -0.05) is 48.5 Å². The predicted octanol–water partition coefficient (Wildman–Crippen LogP) is 3.77. The topological polar surface area (TPSA) is 114 Å². The molecule has 1 fully saturated rings. The minimum absolute atomic E-state index is 0.0976. The summed E-state index contributed by atoms with van der Waals surface area (Å²) < 4.78 is 6.95. The van der Waals surface area contributed by atoms with E-state index in [1.165, 1.54) is 27.5 Å². The number of hydrogen-bond donors (Lipinski definition) is 2. The monoisotopic (exact) mass is 492 g/mol. The van der Waals surface area contributed by atoms with Crippen molar-refractivity contribution in [1.82, 2.24) is 14.7 Å². The SMILES string of the molecule is CC1SCC(C(=O)O)N1C(=O)c1cnn(C)c1NC(=O)OCC1c2ccccc2-c2ccccc21. The van der Waals surface area contributed by atoms with Crippen LogP contribution in [0.3, 0.4) is 0 Å². The number of rotatable bonds is 5. The van der Waals surface area contributed by atoms with E-state index in [0.717, 1.165) is 22.3 Å². The number of carboxylic acids is 1. The molecule has 0 bridgehead atoms. The van der Waals surface area contributed by atoms with Gasteiger partial charge >= 0.3 is 12.1 Å². The number of carbonyl (C=O) groups excluding carboxylic acids is 2. The molecule has 1 aliphatic heterocycles. The first-order valence-electron chi connectivity index (χ1n) is 11.2. The lowest BCUT2D eigenvalue weighted by Gasteiger charge is -2.25. The Balaban J connectivity index is 1.32. The Hall–Kier alpha value is -3.79. The second-order valence-electron chi connectivity index (χ2n) is 8.48. The fourth-order valence-electron chi connectivity index (χ4n) is 4.75. The van der Waals surface area contributed by atoms with Crippen molar-refractivity contribution in [3.05, 3.63) is 71.4 Å². The van der Waals surface area contributed by atoms with Crippen LogP contribution in [0.2, 0.25) is 0 Å². The van der Waals surface area contributed by atoms with Gasteiger partial charge < -0.3 is 14.7 Å². The molecule has 180 valence electrons. The molecule has 2 atom stereocenters. The molecule has 10 heteroatoms. The Morgan fingerprint density at radius 3 is 2.37 bits per heavy atom. The van der Waals surface area contributed by atoms with Crippen molar-refractivity contribution >= 4 is 35.5 Å². The molecular formula is C25H24N4O5S. The summed E-state index contributed by atoms with van der Waals surface area (Å²) in [6, 6.07) is 15.2. The van der Waals surface area contributed by atoms with Gasteiger partial charge in [0, 0.05) is 18.7 Å². The number of fused-ring (bicyclic) bond motifs is 3. The van der Waals surface area contributed by atoms with Crippen LogP contribution in [0.1, 0.15) is 34.3 Å². The minimum Gasteiger partial charge on any atom is -0.480 e. The Kier molecular flexibility index (Phi) is 5.98. The average molecular weight is 493 g/mol. The summed E-state index contributed by atoms with van der Waals surface area (Å²) in [7, 11) is 1.59. The number of aromatic nitrogens is 2. The number of carboxylic acid groups (broad SMARTS) is 1. The summed E-state index contributed by atoms with van der Waals surface area (Å²) in [6.07, 6.45) is 0.610. The van der Waals surface area contributed by atoms with Crippen LogP contribution in [0.15, 0.2) is 54.7 Å². The zero-order valence-corrected chi connectivity index (χ0v) is 20.0. The van der Waals surface area contributed by atoms with Gasteiger partial charge in [0.2, 0.25) is 0 Å². The molecule has 5 rings (SSSR count). The average Bonchev–Trinajstić information content (AvgIpc) is 3.51. The van der Waals surface area contributed by atoms with E-state index in [4.69, 9.17) is 4.74 Å². The highest BCUT2D eigenvalue weighted by Crippen LogP contribution is 2.44. The molecule has 0 spiro atoms. The molecule has 1 saturated heterocycles. The second kappa shape index (κ2) is 9.10. The molecule has 2 heterocycles. The van der Waals surface area contributed by atoms with Crippen LogP contribution < -0.4 is 5.32 Å². The van der Waals surface area contributed by atoms with Crippen LogP contribution in [0.25, 0.3) is 11.1 Å². The first-order valence-corrected chi connectivity index (χ1v) is 12.2. The number of nitrogens with one attached hydrogen (secondary N) is 1.